The van der Waals surface area contributed by atoms with Crippen molar-refractivity contribution in [2.75, 3.05) is 19.7 Å². The number of ether oxygens (including phenoxy) is 2. The Kier molecular flexibility index (Phi) is 8.52. The third kappa shape index (κ3) is 7.21. The lowest BCUT2D eigenvalue weighted by Gasteiger charge is -2.22. The van der Waals surface area contributed by atoms with Gasteiger partial charge in [0.2, 0.25) is 5.91 Å². The predicted octanol–water partition coefficient (Wildman–Crippen LogP) is 3.01. The summed E-state index contributed by atoms with van der Waals surface area (Å²) in [6.07, 6.45) is -1.65. The molecule has 0 saturated heterocycles. The Hall–Kier alpha value is -4.08. The van der Waals surface area contributed by atoms with E-state index in [9.17, 15) is 24.3 Å². The van der Waals surface area contributed by atoms with Crippen LogP contribution in [-0.4, -0.2) is 60.5 Å². The molecule has 0 unspecified atom stereocenters. The number of carboxylic acid groups (broad SMARTS) is 1. The van der Waals surface area contributed by atoms with Crippen molar-refractivity contribution in [2.24, 2.45) is 0 Å². The number of benzene rings is 2. The van der Waals surface area contributed by atoms with Gasteiger partial charge in [-0.2, -0.15) is 0 Å². The number of carboxylic acids is 1. The van der Waals surface area contributed by atoms with Crippen molar-refractivity contribution in [1.82, 2.24) is 16.0 Å². The predicted molar refractivity (Wildman–Crippen MR) is 131 cm³/mol. The first-order valence-electron chi connectivity index (χ1n) is 11.6. The Morgan fingerprint density at radius 2 is 1.50 bits per heavy atom. The number of fused-ring (bicyclic) bond motifs is 3. The van der Waals surface area contributed by atoms with Crippen molar-refractivity contribution in [3.8, 4) is 11.1 Å². The van der Waals surface area contributed by atoms with E-state index in [1.807, 2.05) is 48.5 Å². The van der Waals surface area contributed by atoms with Crippen LogP contribution >= 0.6 is 0 Å². The zero-order valence-electron chi connectivity index (χ0n) is 20.5. The van der Waals surface area contributed by atoms with E-state index in [1.165, 1.54) is 0 Å². The second kappa shape index (κ2) is 11.6. The highest BCUT2D eigenvalue weighted by Gasteiger charge is 2.29. The van der Waals surface area contributed by atoms with Crippen LogP contribution in [0.2, 0.25) is 0 Å². The molecule has 0 aliphatic heterocycles. The normalized spacial score (nSPS) is 13.1. The molecule has 4 N–H and O–H groups in total. The molecule has 36 heavy (non-hydrogen) atoms. The summed E-state index contributed by atoms with van der Waals surface area (Å²) in [4.78, 5) is 47.4. The van der Waals surface area contributed by atoms with Crippen molar-refractivity contribution in [2.45, 2.75) is 44.8 Å². The topological polar surface area (TPSA) is 143 Å². The lowest BCUT2D eigenvalue weighted by atomic mass is 9.98. The number of hydrogen-bond acceptors (Lipinski definition) is 6. The van der Waals surface area contributed by atoms with Crippen LogP contribution in [0.1, 0.15) is 44.2 Å². The van der Waals surface area contributed by atoms with E-state index in [0.717, 1.165) is 22.3 Å². The molecule has 1 aliphatic carbocycles. The fraction of sp³-hybridized carbons (Fsp3) is 0.385. The monoisotopic (exact) mass is 497 g/mol. The van der Waals surface area contributed by atoms with E-state index in [1.54, 1.807) is 20.8 Å². The Morgan fingerprint density at radius 1 is 0.917 bits per heavy atom. The summed E-state index contributed by atoms with van der Waals surface area (Å²) in [5.74, 6) is -1.89. The standard InChI is InChI=1S/C26H31N3O7/c1-26(2,3)36-25(34)29-21(23(31)32)14-28-22(30)12-13-27-24(33)35-15-20-18-10-6-4-8-16(18)17-9-5-7-11-19(17)20/h4-11,20-21H,12-15H2,1-3H3,(H,27,33)(H,28,30)(H,29,34)(H,31,32)/t21-/m0/s1. The molecule has 0 fully saturated rings. The van der Waals surface area contributed by atoms with Gasteiger partial charge in [-0.05, 0) is 43.0 Å². The molecule has 0 saturated carbocycles. The zero-order chi connectivity index (χ0) is 26.3. The van der Waals surface area contributed by atoms with Gasteiger partial charge in [0.05, 0.1) is 0 Å². The van der Waals surface area contributed by atoms with Crippen LogP contribution in [0.15, 0.2) is 48.5 Å². The van der Waals surface area contributed by atoms with Crippen LogP contribution in [0.4, 0.5) is 9.59 Å². The van der Waals surface area contributed by atoms with Gasteiger partial charge in [-0.1, -0.05) is 48.5 Å². The summed E-state index contributed by atoms with van der Waals surface area (Å²) >= 11 is 0. The average molecular weight is 498 g/mol. The van der Waals surface area contributed by atoms with Crippen LogP contribution in [0.25, 0.3) is 11.1 Å². The largest absolute Gasteiger partial charge is 0.480 e. The molecule has 0 radical (unpaired) electrons. The molecule has 2 aromatic carbocycles. The number of nitrogens with one attached hydrogen (secondary N) is 3. The summed E-state index contributed by atoms with van der Waals surface area (Å²) in [5.41, 5.74) is 3.65. The Labute approximate surface area is 209 Å². The minimum atomic E-state index is -1.36. The molecular weight excluding hydrogens is 466 g/mol. The van der Waals surface area contributed by atoms with Gasteiger partial charge in [-0.15, -0.1) is 0 Å². The second-order valence-corrected chi connectivity index (χ2v) is 9.34. The molecule has 0 bridgehead atoms. The maximum absolute atomic E-state index is 12.2. The van der Waals surface area contributed by atoms with Crippen molar-refractivity contribution in [1.29, 1.82) is 0 Å². The second-order valence-electron chi connectivity index (χ2n) is 9.34. The van der Waals surface area contributed by atoms with Crippen LogP contribution in [0.3, 0.4) is 0 Å². The van der Waals surface area contributed by atoms with Gasteiger partial charge in [0.1, 0.15) is 18.2 Å². The van der Waals surface area contributed by atoms with Gasteiger partial charge in [0, 0.05) is 25.4 Å². The van der Waals surface area contributed by atoms with Crippen molar-refractivity contribution in [3.05, 3.63) is 59.7 Å². The summed E-state index contributed by atoms with van der Waals surface area (Å²) in [7, 11) is 0. The van der Waals surface area contributed by atoms with Crippen LogP contribution < -0.4 is 16.0 Å². The number of amides is 3. The Morgan fingerprint density at radius 3 is 2.06 bits per heavy atom. The fourth-order valence-electron chi connectivity index (χ4n) is 3.88. The summed E-state index contributed by atoms with van der Waals surface area (Å²) < 4.78 is 10.4. The minimum absolute atomic E-state index is 0.000258. The van der Waals surface area contributed by atoms with E-state index in [4.69, 9.17) is 9.47 Å². The van der Waals surface area contributed by atoms with Gasteiger partial charge in [-0.25, -0.2) is 14.4 Å². The molecule has 10 nitrogen and oxygen atoms in total. The van der Waals surface area contributed by atoms with Crippen molar-refractivity contribution >= 4 is 24.1 Å². The molecule has 0 spiro atoms. The van der Waals surface area contributed by atoms with E-state index in [0.29, 0.717) is 0 Å². The highest BCUT2D eigenvalue weighted by Crippen LogP contribution is 2.44. The first-order chi connectivity index (χ1) is 17.0. The molecule has 192 valence electrons. The van der Waals surface area contributed by atoms with E-state index < -0.39 is 35.7 Å². The highest BCUT2D eigenvalue weighted by atomic mass is 16.6. The van der Waals surface area contributed by atoms with E-state index >= 15 is 0 Å². The first kappa shape index (κ1) is 26.5. The lowest BCUT2D eigenvalue weighted by molar-refractivity contribution is -0.139. The zero-order valence-corrected chi connectivity index (χ0v) is 20.5. The number of alkyl carbamates (subject to hydrolysis) is 2. The maximum Gasteiger partial charge on any atom is 0.408 e. The quantitative estimate of drug-likeness (QED) is 0.417. The third-order valence-corrected chi connectivity index (χ3v) is 5.46. The van der Waals surface area contributed by atoms with E-state index in [-0.39, 0.29) is 32.0 Å². The number of carbonyl (C=O) groups excluding carboxylic acids is 3. The van der Waals surface area contributed by atoms with Gasteiger partial charge in [0.15, 0.2) is 0 Å². The van der Waals surface area contributed by atoms with Crippen molar-refractivity contribution < 1.29 is 33.8 Å². The third-order valence-electron chi connectivity index (χ3n) is 5.46. The lowest BCUT2D eigenvalue weighted by Crippen LogP contribution is -2.49. The molecular formula is C26H31N3O7. The van der Waals surface area contributed by atoms with Crippen LogP contribution in [0, 0.1) is 0 Å². The Balaban J connectivity index is 1.40. The van der Waals surface area contributed by atoms with Crippen LogP contribution in [-0.2, 0) is 19.1 Å². The molecule has 0 heterocycles. The van der Waals surface area contributed by atoms with Crippen molar-refractivity contribution in [3.63, 3.8) is 0 Å². The smallest absolute Gasteiger partial charge is 0.408 e. The maximum atomic E-state index is 12.2. The summed E-state index contributed by atoms with van der Waals surface area (Å²) in [5, 5.41) is 16.4. The molecule has 0 aromatic heterocycles. The fourth-order valence-corrected chi connectivity index (χ4v) is 3.88. The van der Waals surface area contributed by atoms with Gasteiger partial charge in [0.25, 0.3) is 0 Å². The molecule has 3 rings (SSSR count). The van der Waals surface area contributed by atoms with Gasteiger partial charge >= 0.3 is 18.2 Å². The summed E-state index contributed by atoms with van der Waals surface area (Å²) in [6.45, 7) is 4.76. The molecule has 1 atom stereocenters. The number of hydrogen-bond donors (Lipinski definition) is 4. The molecule has 3 amide bonds. The highest BCUT2D eigenvalue weighted by molar-refractivity contribution is 5.82. The average Bonchev–Trinajstić information content (AvgIpc) is 3.13. The first-order valence-corrected chi connectivity index (χ1v) is 11.6. The number of carbonyl (C=O) groups is 4. The molecule has 10 heteroatoms. The van der Waals surface area contributed by atoms with E-state index in [2.05, 4.69) is 16.0 Å². The molecule has 2 aromatic rings. The SMILES string of the molecule is CC(C)(C)OC(=O)N[C@@H](CNC(=O)CCNC(=O)OCC1c2ccccc2-c2ccccc21)C(=O)O. The van der Waals surface area contributed by atoms with Gasteiger partial charge in [-0.3, -0.25) is 4.79 Å². The Bertz CT molecular complexity index is 1080. The van der Waals surface area contributed by atoms with Gasteiger partial charge < -0.3 is 30.5 Å². The minimum Gasteiger partial charge on any atom is -0.480 e. The molecule has 1 aliphatic rings. The number of rotatable bonds is 9. The number of aliphatic carboxylic acids is 1. The van der Waals surface area contributed by atoms with Crippen LogP contribution in [0.5, 0.6) is 0 Å². The summed E-state index contributed by atoms with van der Waals surface area (Å²) in [6, 6.07) is 14.6.